The van der Waals surface area contributed by atoms with Gasteiger partial charge in [0.1, 0.15) is 6.33 Å². The zero-order valence-electron chi connectivity index (χ0n) is 11.0. The molecule has 0 saturated heterocycles. The molecular weight excluding hydrogens is 253 g/mol. The van der Waals surface area contributed by atoms with Crippen molar-refractivity contribution in [3.63, 3.8) is 0 Å². The number of hydrogen-bond donors (Lipinski definition) is 0. The number of rotatable bonds is 1. The first-order chi connectivity index (χ1) is 8.98. The van der Waals surface area contributed by atoms with E-state index in [-0.39, 0.29) is 5.56 Å². The largest absolute Gasteiger partial charge is 0.416 e. The van der Waals surface area contributed by atoms with E-state index in [1.54, 1.807) is 6.07 Å². The zero-order chi connectivity index (χ0) is 14.5. The summed E-state index contributed by atoms with van der Waals surface area (Å²) in [6.45, 7) is 5.44. The van der Waals surface area contributed by atoms with E-state index < -0.39 is 11.7 Å². The van der Waals surface area contributed by atoms with Gasteiger partial charge in [-0.25, -0.2) is 9.97 Å². The molecule has 0 N–H and O–H groups in total. The molecule has 0 amide bonds. The maximum atomic E-state index is 12.7. The van der Waals surface area contributed by atoms with Crippen molar-refractivity contribution in [2.75, 3.05) is 0 Å². The van der Waals surface area contributed by atoms with Gasteiger partial charge in [-0.1, -0.05) is 26.0 Å². The highest BCUT2D eigenvalue weighted by Crippen LogP contribution is 2.34. The molecule has 0 bridgehead atoms. The molecule has 0 unspecified atom stereocenters. The van der Waals surface area contributed by atoms with Crippen LogP contribution in [0.1, 0.15) is 25.0 Å². The maximum absolute atomic E-state index is 12.7. The van der Waals surface area contributed by atoms with Crippen LogP contribution in [-0.4, -0.2) is 9.97 Å². The van der Waals surface area contributed by atoms with Crippen LogP contribution in [0.15, 0.2) is 36.9 Å². The van der Waals surface area contributed by atoms with Crippen LogP contribution in [0.5, 0.6) is 0 Å². The van der Waals surface area contributed by atoms with Gasteiger partial charge in [-0.2, -0.15) is 13.2 Å². The average Bonchev–Trinajstić information content (AvgIpc) is 2.41. The molecule has 19 heavy (non-hydrogen) atoms. The summed E-state index contributed by atoms with van der Waals surface area (Å²) in [6, 6.07) is 4.20. The Morgan fingerprint density at radius 3 is 2.05 bits per heavy atom. The van der Waals surface area contributed by atoms with Crippen molar-refractivity contribution < 1.29 is 13.2 Å². The van der Waals surface area contributed by atoms with E-state index in [4.69, 9.17) is 0 Å². The lowest BCUT2D eigenvalue weighted by Gasteiger charge is -2.11. The third-order valence-corrected chi connectivity index (χ3v) is 2.44. The maximum Gasteiger partial charge on any atom is 0.416 e. The normalized spacial score (nSPS) is 10.6. The molecule has 0 spiro atoms. The number of aryl methyl sites for hydroxylation is 1. The lowest BCUT2D eigenvalue weighted by molar-refractivity contribution is -0.138. The van der Waals surface area contributed by atoms with Gasteiger partial charge in [0.15, 0.2) is 0 Å². The van der Waals surface area contributed by atoms with E-state index in [1.165, 1.54) is 31.7 Å². The third-order valence-electron chi connectivity index (χ3n) is 2.44. The summed E-state index contributed by atoms with van der Waals surface area (Å²) in [4.78, 5) is 7.57. The van der Waals surface area contributed by atoms with Gasteiger partial charge in [0.25, 0.3) is 0 Å². The van der Waals surface area contributed by atoms with Crippen molar-refractivity contribution >= 4 is 0 Å². The number of nitrogens with zero attached hydrogens (tertiary/aromatic N) is 2. The molecule has 0 atom stereocenters. The molecular formula is C14H15F3N2. The molecule has 102 valence electrons. The molecule has 5 heteroatoms. The molecule has 0 aliphatic carbocycles. The second-order valence-electron chi connectivity index (χ2n) is 3.65. The molecule has 0 fully saturated rings. The SMILES string of the molecule is CC.Cc1ccc(-c2cncnc2)cc1C(F)(F)F. The van der Waals surface area contributed by atoms with Gasteiger partial charge in [-0.3, -0.25) is 0 Å². The minimum Gasteiger partial charge on any atom is -0.244 e. The fourth-order valence-electron chi connectivity index (χ4n) is 1.56. The summed E-state index contributed by atoms with van der Waals surface area (Å²) in [5.41, 5.74) is 0.610. The minimum absolute atomic E-state index is 0.207. The first-order valence-electron chi connectivity index (χ1n) is 5.92. The monoisotopic (exact) mass is 268 g/mol. The van der Waals surface area contributed by atoms with Crippen LogP contribution in [-0.2, 0) is 6.18 Å². The molecule has 0 saturated carbocycles. The summed E-state index contributed by atoms with van der Waals surface area (Å²) in [7, 11) is 0. The van der Waals surface area contributed by atoms with Crippen LogP contribution < -0.4 is 0 Å². The van der Waals surface area contributed by atoms with Crippen LogP contribution >= 0.6 is 0 Å². The van der Waals surface area contributed by atoms with Crippen molar-refractivity contribution in [2.24, 2.45) is 0 Å². The number of benzene rings is 1. The Kier molecular flexibility index (Phi) is 5.03. The number of halogens is 3. The molecule has 0 radical (unpaired) electrons. The van der Waals surface area contributed by atoms with E-state index in [1.807, 2.05) is 13.8 Å². The third kappa shape index (κ3) is 3.77. The fourth-order valence-corrected chi connectivity index (χ4v) is 1.56. The van der Waals surface area contributed by atoms with Gasteiger partial charge >= 0.3 is 6.18 Å². The molecule has 1 aromatic carbocycles. The minimum atomic E-state index is -4.34. The number of hydrogen-bond acceptors (Lipinski definition) is 2. The first-order valence-corrected chi connectivity index (χ1v) is 5.92. The van der Waals surface area contributed by atoms with Crippen LogP contribution in [0, 0.1) is 6.92 Å². The Hall–Kier alpha value is -1.91. The van der Waals surface area contributed by atoms with E-state index in [0.29, 0.717) is 11.1 Å². The molecule has 2 rings (SSSR count). The second-order valence-corrected chi connectivity index (χ2v) is 3.65. The quantitative estimate of drug-likeness (QED) is 0.761. The van der Waals surface area contributed by atoms with E-state index >= 15 is 0 Å². The van der Waals surface area contributed by atoms with Crippen molar-refractivity contribution in [2.45, 2.75) is 26.9 Å². The lowest BCUT2D eigenvalue weighted by Crippen LogP contribution is -2.07. The van der Waals surface area contributed by atoms with Gasteiger partial charge in [0.05, 0.1) is 5.56 Å². The molecule has 2 nitrogen and oxygen atoms in total. The Bertz CT molecular complexity index is 522. The second kappa shape index (κ2) is 6.31. The predicted octanol–water partition coefficient (Wildman–Crippen LogP) is 4.50. The van der Waals surface area contributed by atoms with Gasteiger partial charge in [-0.15, -0.1) is 0 Å². The van der Waals surface area contributed by atoms with Crippen LogP contribution in [0.25, 0.3) is 11.1 Å². The Labute approximate surface area is 110 Å². The van der Waals surface area contributed by atoms with Crippen molar-refractivity contribution in [1.29, 1.82) is 0 Å². The van der Waals surface area contributed by atoms with Crippen LogP contribution in [0.4, 0.5) is 13.2 Å². The van der Waals surface area contributed by atoms with Crippen LogP contribution in [0.3, 0.4) is 0 Å². The average molecular weight is 268 g/mol. The standard InChI is InChI=1S/C12H9F3N2.C2H6/c1-8-2-3-9(4-11(8)12(13,14)15)10-5-16-7-17-6-10;1-2/h2-7H,1H3;1-2H3. The van der Waals surface area contributed by atoms with Gasteiger partial charge in [-0.05, 0) is 24.1 Å². The highest BCUT2D eigenvalue weighted by atomic mass is 19.4. The lowest BCUT2D eigenvalue weighted by atomic mass is 10.0. The molecule has 0 aliphatic heterocycles. The van der Waals surface area contributed by atoms with Crippen molar-refractivity contribution in [1.82, 2.24) is 9.97 Å². The Morgan fingerprint density at radius 1 is 0.947 bits per heavy atom. The van der Waals surface area contributed by atoms with E-state index in [9.17, 15) is 13.2 Å². The predicted molar refractivity (Wildman–Crippen MR) is 68.6 cm³/mol. The summed E-state index contributed by atoms with van der Waals surface area (Å²) in [5, 5.41) is 0. The smallest absolute Gasteiger partial charge is 0.244 e. The molecule has 1 heterocycles. The van der Waals surface area contributed by atoms with Gasteiger partial charge < -0.3 is 0 Å². The summed E-state index contributed by atoms with van der Waals surface area (Å²) in [5.74, 6) is 0. The summed E-state index contributed by atoms with van der Waals surface area (Å²) >= 11 is 0. The molecule has 1 aromatic heterocycles. The van der Waals surface area contributed by atoms with Gasteiger partial charge in [0, 0.05) is 18.0 Å². The Balaban J connectivity index is 0.000000861. The van der Waals surface area contributed by atoms with Crippen molar-refractivity contribution in [3.8, 4) is 11.1 Å². The molecule has 0 aliphatic rings. The number of aromatic nitrogens is 2. The van der Waals surface area contributed by atoms with Crippen molar-refractivity contribution in [3.05, 3.63) is 48.0 Å². The molecule has 2 aromatic rings. The highest BCUT2D eigenvalue weighted by molar-refractivity contribution is 5.63. The fraction of sp³-hybridized carbons (Fsp3) is 0.286. The highest BCUT2D eigenvalue weighted by Gasteiger charge is 2.32. The first kappa shape index (κ1) is 15.1. The number of alkyl halides is 3. The van der Waals surface area contributed by atoms with E-state index in [2.05, 4.69) is 9.97 Å². The summed E-state index contributed by atoms with van der Waals surface area (Å²) < 4.78 is 38.1. The van der Waals surface area contributed by atoms with E-state index in [0.717, 1.165) is 6.07 Å². The summed E-state index contributed by atoms with van der Waals surface area (Å²) in [6.07, 6.45) is -0.0340. The van der Waals surface area contributed by atoms with Crippen LogP contribution in [0.2, 0.25) is 0 Å². The topological polar surface area (TPSA) is 25.8 Å². The Morgan fingerprint density at radius 2 is 1.53 bits per heavy atom. The van der Waals surface area contributed by atoms with Gasteiger partial charge in [0.2, 0.25) is 0 Å². The zero-order valence-corrected chi connectivity index (χ0v) is 11.0.